The first-order valence-electron chi connectivity index (χ1n) is 9.78. The number of aryl methyl sites for hydroxylation is 1. The summed E-state index contributed by atoms with van der Waals surface area (Å²) in [5, 5.41) is 2.64. The molecule has 7 heteroatoms. The van der Waals surface area contributed by atoms with Crippen molar-refractivity contribution < 1.29 is 18.4 Å². The molecule has 5 rings (SSSR count). The monoisotopic (exact) mass is 415 g/mol. The molecular weight excluding hydrogens is 398 g/mol. The van der Waals surface area contributed by atoms with Crippen LogP contribution < -0.4 is 11.4 Å². The van der Waals surface area contributed by atoms with E-state index in [4.69, 9.17) is 13.6 Å². The molecular formula is C24H17NO6. The molecule has 3 aromatic carbocycles. The molecule has 0 aliphatic carbocycles. The Hall–Kier alpha value is -4.13. The van der Waals surface area contributed by atoms with Crippen molar-refractivity contribution in [1.29, 1.82) is 0 Å². The Morgan fingerprint density at radius 1 is 0.903 bits per heavy atom. The van der Waals surface area contributed by atoms with E-state index in [1.165, 1.54) is 10.6 Å². The smallest absolute Gasteiger partial charge is 0.419 e. The van der Waals surface area contributed by atoms with Crippen LogP contribution in [0.15, 0.2) is 85.2 Å². The molecule has 0 radical (unpaired) electrons. The first-order chi connectivity index (χ1) is 15.1. The molecule has 31 heavy (non-hydrogen) atoms. The van der Waals surface area contributed by atoms with Crippen molar-refractivity contribution in [3.8, 4) is 0 Å². The van der Waals surface area contributed by atoms with E-state index in [-0.39, 0.29) is 19.6 Å². The fraction of sp³-hybridized carbons (Fsp3) is 0.125. The molecule has 0 bridgehead atoms. The third kappa shape index (κ3) is 3.50. The lowest BCUT2D eigenvalue weighted by molar-refractivity contribution is -0.145. The molecule has 0 spiro atoms. The minimum atomic E-state index is -0.521. The van der Waals surface area contributed by atoms with E-state index in [1.54, 1.807) is 30.3 Å². The van der Waals surface area contributed by atoms with Gasteiger partial charge < -0.3 is 13.6 Å². The largest absolute Gasteiger partial charge is 0.461 e. The summed E-state index contributed by atoms with van der Waals surface area (Å²) < 4.78 is 17.3. The first-order valence-corrected chi connectivity index (χ1v) is 9.78. The second-order valence-corrected chi connectivity index (χ2v) is 7.15. The topological polar surface area (TPSA) is 91.6 Å². The van der Waals surface area contributed by atoms with Crippen molar-refractivity contribution in [2.75, 3.05) is 0 Å². The van der Waals surface area contributed by atoms with Crippen molar-refractivity contribution in [2.24, 2.45) is 0 Å². The lowest BCUT2D eigenvalue weighted by Crippen LogP contribution is -2.17. The number of fused-ring (bicyclic) bond motifs is 4. The second kappa shape index (κ2) is 7.60. The van der Waals surface area contributed by atoms with Gasteiger partial charge in [-0.3, -0.25) is 9.36 Å². The van der Waals surface area contributed by atoms with Gasteiger partial charge in [0.05, 0.1) is 11.9 Å². The number of rotatable bonds is 5. The second-order valence-electron chi connectivity index (χ2n) is 7.15. The number of esters is 1. The van der Waals surface area contributed by atoms with E-state index in [0.29, 0.717) is 22.2 Å². The number of carbonyl (C=O) groups excluding carboxylic acids is 1. The number of oxazole rings is 1. The number of benzene rings is 3. The number of carbonyl (C=O) groups is 1. The number of para-hydroxylation sites is 2. The van der Waals surface area contributed by atoms with E-state index in [9.17, 15) is 14.4 Å². The van der Waals surface area contributed by atoms with E-state index in [1.807, 2.05) is 30.3 Å². The predicted octanol–water partition coefficient (Wildman–Crippen LogP) is 3.99. The zero-order chi connectivity index (χ0) is 21.4. The third-order valence-corrected chi connectivity index (χ3v) is 5.22. The van der Waals surface area contributed by atoms with Crippen LogP contribution in [0.2, 0.25) is 0 Å². The number of ether oxygens (including phenoxy) is 1. The third-order valence-electron chi connectivity index (χ3n) is 5.22. The van der Waals surface area contributed by atoms with Gasteiger partial charge in [0.2, 0.25) is 0 Å². The lowest BCUT2D eigenvalue weighted by Gasteiger charge is -2.10. The Kier molecular flexibility index (Phi) is 4.63. The van der Waals surface area contributed by atoms with Crippen LogP contribution in [-0.4, -0.2) is 10.5 Å². The van der Waals surface area contributed by atoms with Gasteiger partial charge in [0, 0.05) is 23.6 Å². The molecule has 5 aromatic rings. The molecule has 0 N–H and O–H groups in total. The standard InChI is InChI=1S/C24H17NO6/c26-21(11-12-25-18-7-3-4-8-19(18)31-24(25)28)29-14-16-13-22(27)30-20-10-9-15-5-1-2-6-17(15)23(16)20/h1-10,13H,11-12,14H2. The average molecular weight is 415 g/mol. The van der Waals surface area contributed by atoms with Crippen LogP contribution in [0.4, 0.5) is 0 Å². The van der Waals surface area contributed by atoms with Gasteiger partial charge in [-0.2, -0.15) is 0 Å². The van der Waals surface area contributed by atoms with E-state index >= 15 is 0 Å². The van der Waals surface area contributed by atoms with Crippen LogP contribution in [0.3, 0.4) is 0 Å². The Balaban J connectivity index is 1.37. The van der Waals surface area contributed by atoms with E-state index in [0.717, 1.165) is 16.2 Å². The van der Waals surface area contributed by atoms with Crippen molar-refractivity contribution in [2.45, 2.75) is 19.6 Å². The summed E-state index contributed by atoms with van der Waals surface area (Å²) >= 11 is 0. The molecule has 154 valence electrons. The van der Waals surface area contributed by atoms with Crippen LogP contribution in [0.5, 0.6) is 0 Å². The van der Waals surface area contributed by atoms with Gasteiger partial charge in [-0.1, -0.05) is 42.5 Å². The van der Waals surface area contributed by atoms with Gasteiger partial charge in [-0.15, -0.1) is 0 Å². The van der Waals surface area contributed by atoms with Crippen molar-refractivity contribution in [3.63, 3.8) is 0 Å². The van der Waals surface area contributed by atoms with Crippen LogP contribution in [-0.2, 0) is 22.7 Å². The molecule has 0 aliphatic rings. The zero-order valence-electron chi connectivity index (χ0n) is 16.4. The Morgan fingerprint density at radius 2 is 1.71 bits per heavy atom. The Labute approximate surface area is 175 Å². The molecule has 2 heterocycles. The molecule has 2 aromatic heterocycles. The van der Waals surface area contributed by atoms with Gasteiger partial charge >= 0.3 is 17.4 Å². The Bertz CT molecular complexity index is 1560. The van der Waals surface area contributed by atoms with E-state index in [2.05, 4.69) is 0 Å². The van der Waals surface area contributed by atoms with Gasteiger partial charge in [-0.05, 0) is 29.0 Å². The van der Waals surface area contributed by atoms with Crippen molar-refractivity contribution in [1.82, 2.24) is 4.57 Å². The summed E-state index contributed by atoms with van der Waals surface area (Å²) in [5.74, 6) is -1.01. The van der Waals surface area contributed by atoms with E-state index < -0.39 is 17.4 Å². The summed E-state index contributed by atoms with van der Waals surface area (Å²) in [7, 11) is 0. The van der Waals surface area contributed by atoms with Crippen molar-refractivity contribution >= 4 is 38.8 Å². The highest BCUT2D eigenvalue weighted by atomic mass is 16.5. The SMILES string of the molecule is O=C(CCn1c(=O)oc2ccccc21)OCc1cc(=O)oc2ccc3ccccc3c12. The number of hydrogen-bond donors (Lipinski definition) is 0. The summed E-state index contributed by atoms with van der Waals surface area (Å²) in [4.78, 5) is 36.4. The molecule has 0 aliphatic heterocycles. The summed E-state index contributed by atoms with van der Waals surface area (Å²) in [6.07, 6.45) is -0.0104. The molecule has 0 saturated heterocycles. The summed E-state index contributed by atoms with van der Waals surface area (Å²) in [6.45, 7) is 0.0608. The van der Waals surface area contributed by atoms with Crippen LogP contribution in [0, 0.1) is 0 Å². The Morgan fingerprint density at radius 3 is 2.61 bits per heavy atom. The maximum atomic E-state index is 12.4. The summed E-state index contributed by atoms with van der Waals surface area (Å²) in [5.41, 5.74) is 1.59. The number of aromatic nitrogens is 1. The first kappa shape index (κ1) is 18.9. The fourth-order valence-electron chi connectivity index (χ4n) is 3.79. The minimum Gasteiger partial charge on any atom is -0.461 e. The molecule has 0 saturated carbocycles. The summed E-state index contributed by atoms with van der Waals surface area (Å²) in [6, 6.07) is 19.7. The van der Waals surface area contributed by atoms with Gasteiger partial charge in [0.1, 0.15) is 12.2 Å². The van der Waals surface area contributed by atoms with Crippen LogP contribution in [0.25, 0.3) is 32.8 Å². The molecule has 7 nitrogen and oxygen atoms in total. The fourth-order valence-corrected chi connectivity index (χ4v) is 3.79. The quantitative estimate of drug-likeness (QED) is 0.245. The number of nitrogens with zero attached hydrogens (tertiary/aromatic N) is 1. The highest BCUT2D eigenvalue weighted by Gasteiger charge is 2.14. The maximum Gasteiger partial charge on any atom is 0.419 e. The number of hydrogen-bond acceptors (Lipinski definition) is 6. The minimum absolute atomic E-state index is 0.0104. The lowest BCUT2D eigenvalue weighted by atomic mass is 10.0. The van der Waals surface area contributed by atoms with Crippen LogP contribution >= 0.6 is 0 Å². The van der Waals surface area contributed by atoms with Gasteiger partial charge in [-0.25, -0.2) is 9.59 Å². The highest BCUT2D eigenvalue weighted by molar-refractivity contribution is 6.07. The van der Waals surface area contributed by atoms with Crippen LogP contribution in [0.1, 0.15) is 12.0 Å². The highest BCUT2D eigenvalue weighted by Crippen LogP contribution is 2.27. The average Bonchev–Trinajstić information content (AvgIpc) is 3.10. The molecule has 0 amide bonds. The maximum absolute atomic E-state index is 12.4. The molecule has 0 unspecified atom stereocenters. The molecule has 0 fully saturated rings. The van der Waals surface area contributed by atoms with Gasteiger partial charge in [0.25, 0.3) is 0 Å². The molecule has 0 atom stereocenters. The van der Waals surface area contributed by atoms with Gasteiger partial charge in [0.15, 0.2) is 5.58 Å². The zero-order valence-corrected chi connectivity index (χ0v) is 16.4. The normalized spacial score (nSPS) is 11.4. The van der Waals surface area contributed by atoms with Crippen molar-refractivity contribution in [3.05, 3.63) is 93.3 Å². The predicted molar refractivity (Wildman–Crippen MR) is 115 cm³/mol.